The molecule has 3 amide bonds. The SMILES string of the molecule is CC1(C)S[C@@H]2[C@H](NC(=O)[C@@H](NC(=O)c3ccc(/C=C/c4cccnc4)[nH]c3=O)c3ccc(O)cc3)C(=O)N2[C@H]1C(=O)[O-].[Na+]. The molecular weight excluding hydrogens is 585 g/mol. The van der Waals surface area contributed by atoms with Gasteiger partial charge in [0.1, 0.15) is 28.8 Å². The van der Waals surface area contributed by atoms with Crippen molar-refractivity contribution in [1.29, 1.82) is 0 Å². The molecule has 12 nitrogen and oxygen atoms in total. The number of thioether (sulfide) groups is 1. The van der Waals surface area contributed by atoms with Gasteiger partial charge in [-0.1, -0.05) is 24.3 Å². The number of carbonyl (C=O) groups excluding carboxylic acids is 4. The molecular formula is C29H26N5NaO7S. The summed E-state index contributed by atoms with van der Waals surface area (Å²) in [5, 5.41) is 25.9. The Kier molecular flexibility index (Phi) is 9.50. The Bertz CT molecular complexity index is 1640. The number of β-lactam (4-membered cyclic amide) rings is 1. The zero-order valence-electron chi connectivity index (χ0n) is 23.4. The first-order valence-corrected chi connectivity index (χ1v) is 13.8. The minimum absolute atomic E-state index is 0. The molecule has 0 bridgehead atoms. The number of rotatable bonds is 8. The number of carboxylic acid groups (broad SMARTS) is 1. The van der Waals surface area contributed by atoms with E-state index in [2.05, 4.69) is 20.6 Å². The van der Waals surface area contributed by atoms with Crippen LogP contribution in [0.3, 0.4) is 0 Å². The van der Waals surface area contributed by atoms with E-state index in [1.165, 1.54) is 53.1 Å². The molecule has 216 valence electrons. The Hall–Kier alpha value is -3.91. The van der Waals surface area contributed by atoms with Gasteiger partial charge in [0, 0.05) is 22.8 Å². The summed E-state index contributed by atoms with van der Waals surface area (Å²) in [7, 11) is 0. The van der Waals surface area contributed by atoms with Gasteiger partial charge in [0.15, 0.2) is 0 Å². The number of hydrogen-bond acceptors (Lipinski definition) is 9. The van der Waals surface area contributed by atoms with Crippen molar-refractivity contribution in [3.63, 3.8) is 0 Å². The molecule has 43 heavy (non-hydrogen) atoms. The predicted molar refractivity (Wildman–Crippen MR) is 152 cm³/mol. The molecule has 4 heterocycles. The van der Waals surface area contributed by atoms with E-state index < -0.39 is 57.5 Å². The molecule has 4 atom stereocenters. The number of aromatic nitrogens is 2. The second-order valence-electron chi connectivity index (χ2n) is 10.3. The van der Waals surface area contributed by atoms with Crippen LogP contribution in [0.5, 0.6) is 5.75 Å². The topological polar surface area (TPSA) is 185 Å². The van der Waals surface area contributed by atoms with Crippen molar-refractivity contribution in [2.75, 3.05) is 0 Å². The summed E-state index contributed by atoms with van der Waals surface area (Å²) in [5.41, 5.74) is 0.593. The number of hydrogen-bond donors (Lipinski definition) is 4. The number of H-pyrrole nitrogens is 1. The van der Waals surface area contributed by atoms with Gasteiger partial charge < -0.3 is 35.5 Å². The summed E-state index contributed by atoms with van der Waals surface area (Å²) in [6, 6.07) is 8.43. The van der Waals surface area contributed by atoms with E-state index in [0.29, 0.717) is 5.69 Å². The molecule has 4 N–H and O–H groups in total. The van der Waals surface area contributed by atoms with E-state index in [9.17, 15) is 34.2 Å². The largest absolute Gasteiger partial charge is 1.00 e. The number of phenolic OH excluding ortho intramolecular Hbond substituents is 1. The van der Waals surface area contributed by atoms with E-state index in [-0.39, 0.29) is 46.4 Å². The molecule has 1 aromatic carbocycles. The average Bonchev–Trinajstić information content (AvgIpc) is 3.22. The zero-order chi connectivity index (χ0) is 30.2. The van der Waals surface area contributed by atoms with E-state index in [1.54, 1.807) is 44.5 Å². The maximum atomic E-state index is 13.5. The van der Waals surface area contributed by atoms with Gasteiger partial charge in [0.05, 0.1) is 12.0 Å². The van der Waals surface area contributed by atoms with Crippen LogP contribution >= 0.6 is 11.8 Å². The number of aliphatic carboxylic acids is 1. The fourth-order valence-corrected chi connectivity index (χ4v) is 6.59. The van der Waals surface area contributed by atoms with Gasteiger partial charge in [0.2, 0.25) is 11.8 Å². The monoisotopic (exact) mass is 611 g/mol. The van der Waals surface area contributed by atoms with Crippen molar-refractivity contribution in [2.45, 2.75) is 42.1 Å². The van der Waals surface area contributed by atoms with Crippen LogP contribution in [0.15, 0.2) is 65.7 Å². The van der Waals surface area contributed by atoms with Gasteiger partial charge in [-0.3, -0.25) is 24.2 Å². The molecule has 14 heteroatoms. The van der Waals surface area contributed by atoms with Crippen LogP contribution in [-0.4, -0.2) is 65.9 Å². The molecule has 2 aliphatic heterocycles. The van der Waals surface area contributed by atoms with Crippen LogP contribution in [-0.2, 0) is 14.4 Å². The van der Waals surface area contributed by atoms with Gasteiger partial charge in [-0.15, -0.1) is 11.8 Å². The van der Waals surface area contributed by atoms with Crippen molar-refractivity contribution < 1.29 is 58.9 Å². The number of pyridine rings is 2. The Morgan fingerprint density at radius 2 is 1.84 bits per heavy atom. The molecule has 2 aromatic heterocycles. The maximum absolute atomic E-state index is 13.5. The number of benzene rings is 1. The molecule has 5 rings (SSSR count). The smallest absolute Gasteiger partial charge is 0.548 e. The summed E-state index contributed by atoms with van der Waals surface area (Å²) in [6.45, 7) is 3.36. The van der Waals surface area contributed by atoms with Crippen LogP contribution in [0.25, 0.3) is 12.2 Å². The number of carbonyl (C=O) groups is 4. The van der Waals surface area contributed by atoms with E-state index >= 15 is 0 Å². The second kappa shape index (κ2) is 12.8. The quantitative estimate of drug-likeness (QED) is 0.157. The van der Waals surface area contributed by atoms with Crippen molar-refractivity contribution in [3.05, 3.63) is 93.7 Å². The Labute approximate surface area is 272 Å². The number of aromatic hydroxyl groups is 1. The predicted octanol–water partition coefficient (Wildman–Crippen LogP) is -2.58. The third-order valence-corrected chi connectivity index (χ3v) is 8.61. The third-order valence-electron chi connectivity index (χ3n) is 7.04. The first kappa shape index (κ1) is 32.0. The molecule has 0 unspecified atom stereocenters. The Balaban J connectivity index is 0.00000423. The van der Waals surface area contributed by atoms with Crippen molar-refractivity contribution in [3.8, 4) is 5.75 Å². The van der Waals surface area contributed by atoms with Gasteiger partial charge in [-0.25, -0.2) is 0 Å². The zero-order valence-corrected chi connectivity index (χ0v) is 26.3. The van der Waals surface area contributed by atoms with Crippen molar-refractivity contribution >= 4 is 47.6 Å². The number of amides is 3. The molecule has 0 spiro atoms. The van der Waals surface area contributed by atoms with Crippen LogP contribution in [0.1, 0.15) is 47.1 Å². The van der Waals surface area contributed by atoms with Gasteiger partial charge in [0.25, 0.3) is 11.5 Å². The standard InChI is InChI=1S/C29H27N5O7S.Na/c1-29(2)22(28(40)41)34-26(39)21(27(34)42-29)33-25(38)20(16-6-10-18(35)11-7-16)32-24(37)19-12-9-17(31-23(19)36)8-5-15-4-3-13-30-14-15;/h3-14,20-22,27,35H,1-2H3,(H,31,36)(H,32,37)(H,33,38)(H,40,41);/q;+1/p-1/b8-5+;/t20-,21+,22-,27+;/m0./s1. The Morgan fingerprint density at radius 3 is 2.47 bits per heavy atom. The third kappa shape index (κ3) is 6.54. The van der Waals surface area contributed by atoms with Crippen molar-refractivity contribution in [2.24, 2.45) is 0 Å². The van der Waals surface area contributed by atoms with Crippen LogP contribution in [0.2, 0.25) is 0 Å². The fraction of sp³-hybridized carbons (Fsp3) is 0.241. The van der Waals surface area contributed by atoms with Gasteiger partial charge in [-0.2, -0.15) is 0 Å². The molecule has 0 aliphatic carbocycles. The first-order chi connectivity index (χ1) is 20.0. The summed E-state index contributed by atoms with van der Waals surface area (Å²) in [6.07, 6.45) is 6.68. The minimum Gasteiger partial charge on any atom is -0.548 e. The molecule has 2 saturated heterocycles. The molecule has 2 aliphatic rings. The maximum Gasteiger partial charge on any atom is 1.00 e. The number of nitrogens with zero attached hydrogens (tertiary/aromatic N) is 2. The molecule has 0 radical (unpaired) electrons. The summed E-state index contributed by atoms with van der Waals surface area (Å²) in [5.74, 6) is -3.63. The van der Waals surface area contributed by atoms with E-state index in [0.717, 1.165) is 5.56 Å². The number of phenols is 1. The first-order valence-electron chi connectivity index (χ1n) is 12.9. The minimum atomic E-state index is -1.38. The fourth-order valence-electron chi connectivity index (χ4n) is 4.96. The molecule has 2 fully saturated rings. The number of aromatic amines is 1. The second-order valence-corrected chi connectivity index (χ2v) is 12.1. The van der Waals surface area contributed by atoms with E-state index in [4.69, 9.17) is 0 Å². The normalized spacial score (nSPS) is 20.8. The van der Waals surface area contributed by atoms with Crippen molar-refractivity contribution in [1.82, 2.24) is 25.5 Å². The van der Waals surface area contributed by atoms with Crippen LogP contribution in [0.4, 0.5) is 0 Å². The van der Waals surface area contributed by atoms with E-state index in [1.807, 2.05) is 6.07 Å². The van der Waals surface area contributed by atoms with Crippen LogP contribution in [0, 0.1) is 0 Å². The van der Waals surface area contributed by atoms with Crippen LogP contribution < -0.4 is 50.9 Å². The van der Waals surface area contributed by atoms with Gasteiger partial charge >= 0.3 is 29.6 Å². The summed E-state index contributed by atoms with van der Waals surface area (Å²) >= 11 is 1.23. The Morgan fingerprint density at radius 1 is 1.12 bits per heavy atom. The summed E-state index contributed by atoms with van der Waals surface area (Å²) < 4.78 is -0.844. The molecule has 3 aromatic rings. The number of fused-ring (bicyclic) bond motifs is 1. The number of nitrogens with one attached hydrogen (secondary N) is 3. The number of carboxylic acids is 1. The molecule has 0 saturated carbocycles. The van der Waals surface area contributed by atoms with Gasteiger partial charge in [-0.05, 0) is 61.4 Å². The summed E-state index contributed by atoms with van der Waals surface area (Å²) in [4.78, 5) is 71.8. The average molecular weight is 612 g/mol.